The highest BCUT2D eigenvalue weighted by molar-refractivity contribution is 5.82. The Balaban J connectivity index is 2.29. The number of hydrogen-bond donors (Lipinski definition) is 2. The zero-order valence-corrected chi connectivity index (χ0v) is 10.7. The van der Waals surface area contributed by atoms with Gasteiger partial charge in [-0.2, -0.15) is 0 Å². The van der Waals surface area contributed by atoms with Crippen LogP contribution in [-0.4, -0.2) is 42.1 Å². The van der Waals surface area contributed by atoms with Crippen molar-refractivity contribution in [2.24, 2.45) is 5.73 Å². The number of carboxylic acid groups (broad SMARTS) is 1. The van der Waals surface area contributed by atoms with Gasteiger partial charge in [-0.1, -0.05) is 12.1 Å². The van der Waals surface area contributed by atoms with Crippen LogP contribution < -0.4 is 10.7 Å². The van der Waals surface area contributed by atoms with Crippen molar-refractivity contribution >= 4 is 17.6 Å². The number of carboxylic acids is 1. The van der Waals surface area contributed by atoms with Crippen LogP contribution in [0.5, 0.6) is 0 Å². The minimum atomic E-state index is -0.939. The van der Waals surface area contributed by atoms with Crippen LogP contribution in [0.4, 0.5) is 5.69 Å². The van der Waals surface area contributed by atoms with Gasteiger partial charge in [0.25, 0.3) is 0 Å². The molecular formula is C13H17N3O3. The molecule has 1 saturated heterocycles. The Labute approximate surface area is 111 Å². The Morgan fingerprint density at radius 2 is 2.26 bits per heavy atom. The summed E-state index contributed by atoms with van der Waals surface area (Å²) in [5.41, 5.74) is 6.96. The molecule has 1 aromatic carbocycles. The normalized spacial score (nSPS) is 16.8. The van der Waals surface area contributed by atoms with E-state index in [0.717, 1.165) is 5.69 Å². The maximum atomic E-state index is 11.5. The summed E-state index contributed by atoms with van der Waals surface area (Å²) in [6.07, 6.45) is 0.472. The lowest BCUT2D eigenvalue weighted by Crippen LogP contribution is -2.35. The lowest BCUT2D eigenvalue weighted by Gasteiger charge is -2.26. The molecule has 3 N–H and O–H groups in total. The van der Waals surface area contributed by atoms with Crippen LogP contribution >= 0.6 is 0 Å². The van der Waals surface area contributed by atoms with Crippen LogP contribution in [0.3, 0.4) is 0 Å². The molecule has 19 heavy (non-hydrogen) atoms. The third kappa shape index (κ3) is 2.53. The van der Waals surface area contributed by atoms with Crippen molar-refractivity contribution in [1.29, 1.82) is 0 Å². The molecule has 1 aliphatic rings. The van der Waals surface area contributed by atoms with E-state index in [9.17, 15) is 9.59 Å². The average molecular weight is 263 g/mol. The topological polar surface area (TPSA) is 86.9 Å². The number of nitrogens with two attached hydrogens (primary N) is 1. The lowest BCUT2D eigenvalue weighted by molar-refractivity contribution is -0.138. The molecule has 1 fully saturated rings. The van der Waals surface area contributed by atoms with E-state index in [4.69, 9.17) is 10.8 Å². The summed E-state index contributed by atoms with van der Waals surface area (Å²) in [5.74, 6) is -1.60. The van der Waals surface area contributed by atoms with E-state index in [1.54, 1.807) is 30.3 Å². The molecule has 0 aromatic heterocycles. The number of aliphatic carboxylic acids is 1. The molecule has 0 aliphatic carbocycles. The second-order valence-electron chi connectivity index (χ2n) is 4.51. The van der Waals surface area contributed by atoms with Gasteiger partial charge < -0.3 is 10.8 Å². The number of hydrogen-bond acceptors (Lipinski definition) is 4. The maximum absolute atomic E-state index is 11.5. The summed E-state index contributed by atoms with van der Waals surface area (Å²) < 4.78 is 0. The van der Waals surface area contributed by atoms with Crippen LogP contribution in [-0.2, 0) is 9.59 Å². The highest BCUT2D eigenvalue weighted by atomic mass is 16.4. The Morgan fingerprint density at radius 3 is 2.79 bits per heavy atom. The third-order valence-electron chi connectivity index (χ3n) is 3.36. The first kappa shape index (κ1) is 13.4. The molecule has 1 aliphatic heterocycles. The van der Waals surface area contributed by atoms with E-state index in [1.807, 2.05) is 11.1 Å². The molecule has 1 aromatic rings. The van der Waals surface area contributed by atoms with Crippen LogP contribution in [0, 0.1) is 0 Å². The molecule has 1 atom stereocenters. The summed E-state index contributed by atoms with van der Waals surface area (Å²) in [6.45, 7) is 0.659. The number of benzene rings is 1. The van der Waals surface area contributed by atoms with Gasteiger partial charge in [0.15, 0.2) is 0 Å². The molecule has 2 rings (SSSR count). The summed E-state index contributed by atoms with van der Waals surface area (Å²) in [4.78, 5) is 22.6. The predicted molar refractivity (Wildman–Crippen MR) is 70.6 cm³/mol. The molecule has 6 heteroatoms. The van der Waals surface area contributed by atoms with Gasteiger partial charge in [0.1, 0.15) is 0 Å². The molecule has 0 bridgehead atoms. The third-order valence-corrected chi connectivity index (χ3v) is 3.36. The zero-order valence-electron chi connectivity index (χ0n) is 10.7. The van der Waals surface area contributed by atoms with Gasteiger partial charge in [-0.25, -0.2) is 0 Å². The summed E-state index contributed by atoms with van der Waals surface area (Å²) in [6, 6.07) is 7.16. The van der Waals surface area contributed by atoms with Crippen LogP contribution in [0.1, 0.15) is 17.9 Å². The second-order valence-corrected chi connectivity index (χ2v) is 4.51. The number of carbonyl (C=O) groups is 2. The molecule has 102 valence electrons. The second kappa shape index (κ2) is 5.27. The van der Waals surface area contributed by atoms with Crippen molar-refractivity contribution in [2.45, 2.75) is 12.3 Å². The summed E-state index contributed by atoms with van der Waals surface area (Å²) >= 11 is 0. The van der Waals surface area contributed by atoms with E-state index < -0.39 is 11.9 Å². The molecule has 6 nitrogen and oxygen atoms in total. The molecule has 1 heterocycles. The number of carbonyl (C=O) groups excluding carboxylic acids is 1. The maximum Gasteiger partial charge on any atom is 0.312 e. The first-order chi connectivity index (χ1) is 9.04. The van der Waals surface area contributed by atoms with Crippen molar-refractivity contribution in [2.75, 3.05) is 25.1 Å². The minimum absolute atomic E-state index is 0.0492. The SMILES string of the molecule is CN1C(=O)CCN1c1cccc(C(CN)C(=O)O)c1. The lowest BCUT2D eigenvalue weighted by atomic mass is 9.99. The highest BCUT2D eigenvalue weighted by Crippen LogP contribution is 2.25. The predicted octanol–water partition coefficient (Wildman–Crippen LogP) is 0.397. The number of amides is 1. The fraction of sp³-hybridized carbons (Fsp3) is 0.385. The van der Waals surface area contributed by atoms with Crippen molar-refractivity contribution in [1.82, 2.24) is 5.01 Å². The van der Waals surface area contributed by atoms with Gasteiger partial charge in [-0.15, -0.1) is 0 Å². The van der Waals surface area contributed by atoms with Crippen molar-refractivity contribution in [3.05, 3.63) is 29.8 Å². The number of anilines is 1. The van der Waals surface area contributed by atoms with E-state index in [0.29, 0.717) is 18.5 Å². The first-order valence-electron chi connectivity index (χ1n) is 6.11. The molecule has 0 saturated carbocycles. The van der Waals surface area contributed by atoms with Crippen LogP contribution in [0.2, 0.25) is 0 Å². The van der Waals surface area contributed by atoms with Gasteiger partial charge in [-0.05, 0) is 17.7 Å². The molecule has 0 radical (unpaired) electrons. The van der Waals surface area contributed by atoms with E-state index >= 15 is 0 Å². The van der Waals surface area contributed by atoms with Gasteiger partial charge >= 0.3 is 5.97 Å². The molecule has 0 spiro atoms. The van der Waals surface area contributed by atoms with Crippen molar-refractivity contribution in [3.8, 4) is 0 Å². The monoisotopic (exact) mass is 263 g/mol. The van der Waals surface area contributed by atoms with Gasteiger partial charge in [0.2, 0.25) is 5.91 Å². The quantitative estimate of drug-likeness (QED) is 0.821. The number of hydrazine groups is 1. The fourth-order valence-corrected chi connectivity index (χ4v) is 2.23. The Kier molecular flexibility index (Phi) is 3.71. The van der Waals surface area contributed by atoms with E-state index in [-0.39, 0.29) is 12.5 Å². The molecule has 1 amide bonds. The Bertz CT molecular complexity index is 504. The van der Waals surface area contributed by atoms with Crippen LogP contribution in [0.25, 0.3) is 0 Å². The van der Waals surface area contributed by atoms with Gasteiger partial charge in [0.05, 0.1) is 11.6 Å². The first-order valence-corrected chi connectivity index (χ1v) is 6.11. The Hall–Kier alpha value is -2.08. The van der Waals surface area contributed by atoms with Crippen molar-refractivity contribution in [3.63, 3.8) is 0 Å². The number of nitrogens with zero attached hydrogens (tertiary/aromatic N) is 2. The van der Waals surface area contributed by atoms with E-state index in [2.05, 4.69) is 0 Å². The fourth-order valence-electron chi connectivity index (χ4n) is 2.23. The van der Waals surface area contributed by atoms with Crippen LogP contribution in [0.15, 0.2) is 24.3 Å². The highest BCUT2D eigenvalue weighted by Gasteiger charge is 2.26. The smallest absolute Gasteiger partial charge is 0.312 e. The minimum Gasteiger partial charge on any atom is -0.481 e. The standard InChI is InChI=1S/C13H17N3O3/c1-15-12(17)5-6-16(15)10-4-2-3-9(7-10)11(8-14)13(18)19/h2-4,7,11H,5-6,8,14H2,1H3,(H,18,19). The molecular weight excluding hydrogens is 246 g/mol. The Morgan fingerprint density at radius 1 is 1.53 bits per heavy atom. The number of rotatable bonds is 4. The molecule has 1 unspecified atom stereocenters. The van der Waals surface area contributed by atoms with Gasteiger partial charge in [-0.3, -0.25) is 19.6 Å². The largest absolute Gasteiger partial charge is 0.481 e. The van der Waals surface area contributed by atoms with Gasteiger partial charge in [0, 0.05) is 26.6 Å². The average Bonchev–Trinajstić information content (AvgIpc) is 2.71. The van der Waals surface area contributed by atoms with Crippen molar-refractivity contribution < 1.29 is 14.7 Å². The van der Waals surface area contributed by atoms with E-state index in [1.165, 1.54) is 0 Å². The summed E-state index contributed by atoms with van der Waals surface area (Å²) in [5, 5.41) is 12.5. The zero-order chi connectivity index (χ0) is 14.0. The summed E-state index contributed by atoms with van der Waals surface area (Å²) in [7, 11) is 1.71.